The molecular formula is C26H38N4O4S. The second kappa shape index (κ2) is 11.7. The van der Waals surface area contributed by atoms with Gasteiger partial charge in [0.25, 0.3) is 0 Å². The molecule has 0 unspecified atom stereocenters. The lowest BCUT2D eigenvalue weighted by molar-refractivity contribution is -0.139. The number of carbonyl (C=O) groups excluding carboxylic acids is 2. The highest BCUT2D eigenvalue weighted by Crippen LogP contribution is 2.26. The summed E-state index contributed by atoms with van der Waals surface area (Å²) < 4.78 is 28.8. The summed E-state index contributed by atoms with van der Waals surface area (Å²) >= 11 is 0. The molecule has 192 valence electrons. The number of carbonyl (C=O) groups is 2. The number of hydrogen-bond acceptors (Lipinski definition) is 4. The molecule has 0 saturated heterocycles. The van der Waals surface area contributed by atoms with Crippen LogP contribution in [0.2, 0.25) is 0 Å². The maximum Gasteiger partial charge on any atom is 0.304 e. The van der Waals surface area contributed by atoms with Crippen molar-refractivity contribution in [3.05, 3.63) is 64.7 Å². The van der Waals surface area contributed by atoms with Crippen molar-refractivity contribution in [1.29, 1.82) is 0 Å². The number of hydrogen-bond donors (Lipinski definition) is 1. The number of benzene rings is 2. The first kappa shape index (κ1) is 28.3. The van der Waals surface area contributed by atoms with E-state index in [4.69, 9.17) is 0 Å². The van der Waals surface area contributed by atoms with Crippen molar-refractivity contribution in [2.45, 2.75) is 60.2 Å². The summed E-state index contributed by atoms with van der Waals surface area (Å²) in [6.07, 6.45) is 0. The third-order valence-electron chi connectivity index (χ3n) is 5.85. The van der Waals surface area contributed by atoms with Crippen LogP contribution in [-0.4, -0.2) is 62.2 Å². The Labute approximate surface area is 210 Å². The standard InChI is InChI=1S/C26H38N4O4S/c1-18(2)27-26(32)22(6)29(16-23-12-10-9-11-20(23)4)25(31)17-30(35(33,34)28(7)8)24-15-19(3)13-14-21(24)5/h9-15,18,22H,16-17H2,1-8H3,(H,27,32)/t22-/m0/s1. The van der Waals surface area contributed by atoms with Crippen LogP contribution < -0.4 is 9.62 Å². The van der Waals surface area contributed by atoms with Crippen LogP contribution in [0, 0.1) is 20.8 Å². The summed E-state index contributed by atoms with van der Waals surface area (Å²) in [5, 5.41) is 2.86. The summed E-state index contributed by atoms with van der Waals surface area (Å²) in [6, 6.07) is 12.2. The molecule has 2 aromatic carbocycles. The molecule has 35 heavy (non-hydrogen) atoms. The first-order chi connectivity index (χ1) is 16.2. The monoisotopic (exact) mass is 502 g/mol. The van der Waals surface area contributed by atoms with Gasteiger partial charge >= 0.3 is 10.2 Å². The SMILES string of the molecule is Cc1ccc(C)c(N(CC(=O)N(Cc2ccccc2C)[C@@H](C)C(=O)NC(C)C)S(=O)(=O)N(C)C)c1. The van der Waals surface area contributed by atoms with E-state index < -0.39 is 28.7 Å². The molecule has 0 fully saturated rings. The van der Waals surface area contributed by atoms with Gasteiger partial charge in [0.05, 0.1) is 5.69 Å². The molecule has 1 atom stereocenters. The molecule has 2 amide bonds. The minimum Gasteiger partial charge on any atom is -0.352 e. The molecule has 0 saturated carbocycles. The van der Waals surface area contributed by atoms with Gasteiger partial charge in [-0.05, 0) is 69.9 Å². The Morgan fingerprint density at radius 2 is 1.57 bits per heavy atom. The normalized spacial score (nSPS) is 12.5. The van der Waals surface area contributed by atoms with Crippen molar-refractivity contribution in [2.24, 2.45) is 0 Å². The lowest BCUT2D eigenvalue weighted by Crippen LogP contribution is -2.53. The molecular weight excluding hydrogens is 464 g/mol. The number of nitrogens with one attached hydrogen (secondary N) is 1. The van der Waals surface area contributed by atoms with Crippen molar-refractivity contribution in [2.75, 3.05) is 24.9 Å². The van der Waals surface area contributed by atoms with Crippen LogP contribution >= 0.6 is 0 Å². The van der Waals surface area contributed by atoms with Gasteiger partial charge in [0.15, 0.2) is 0 Å². The van der Waals surface area contributed by atoms with E-state index in [2.05, 4.69) is 5.32 Å². The van der Waals surface area contributed by atoms with Gasteiger partial charge in [-0.15, -0.1) is 0 Å². The van der Waals surface area contributed by atoms with E-state index >= 15 is 0 Å². The van der Waals surface area contributed by atoms with Crippen molar-refractivity contribution < 1.29 is 18.0 Å². The van der Waals surface area contributed by atoms with E-state index in [1.807, 2.05) is 64.1 Å². The zero-order chi connectivity index (χ0) is 26.5. The largest absolute Gasteiger partial charge is 0.352 e. The van der Waals surface area contributed by atoms with Crippen molar-refractivity contribution >= 4 is 27.7 Å². The Balaban J connectivity index is 2.53. The molecule has 0 spiro atoms. The molecule has 0 bridgehead atoms. The molecule has 0 radical (unpaired) electrons. The van der Waals surface area contributed by atoms with Gasteiger partial charge in [-0.1, -0.05) is 36.4 Å². The average Bonchev–Trinajstić information content (AvgIpc) is 2.77. The first-order valence-corrected chi connectivity index (χ1v) is 13.1. The molecule has 0 aliphatic rings. The van der Waals surface area contributed by atoms with Gasteiger partial charge in [-0.2, -0.15) is 12.7 Å². The molecule has 8 nitrogen and oxygen atoms in total. The second-order valence-electron chi connectivity index (χ2n) is 9.37. The Hall–Kier alpha value is -2.91. The van der Waals surface area contributed by atoms with E-state index in [0.717, 1.165) is 30.9 Å². The zero-order valence-electron chi connectivity index (χ0n) is 22.0. The predicted molar refractivity (Wildman–Crippen MR) is 140 cm³/mol. The maximum absolute atomic E-state index is 13.8. The fourth-order valence-corrected chi connectivity index (χ4v) is 4.76. The lowest BCUT2D eigenvalue weighted by atomic mass is 10.1. The Morgan fingerprint density at radius 3 is 2.14 bits per heavy atom. The number of amides is 2. The first-order valence-electron chi connectivity index (χ1n) is 11.7. The van der Waals surface area contributed by atoms with Gasteiger partial charge in [0.1, 0.15) is 12.6 Å². The van der Waals surface area contributed by atoms with Gasteiger partial charge in [-0.25, -0.2) is 4.31 Å². The summed E-state index contributed by atoms with van der Waals surface area (Å²) in [6.45, 7) is 10.7. The van der Waals surface area contributed by atoms with Crippen molar-refractivity contribution in [1.82, 2.24) is 14.5 Å². The third-order valence-corrected chi connectivity index (χ3v) is 7.66. The molecule has 0 heterocycles. The second-order valence-corrected chi connectivity index (χ2v) is 11.4. The minimum absolute atomic E-state index is 0.0964. The van der Waals surface area contributed by atoms with Gasteiger partial charge in [0.2, 0.25) is 11.8 Å². The van der Waals surface area contributed by atoms with Gasteiger partial charge < -0.3 is 10.2 Å². The highest BCUT2D eigenvalue weighted by molar-refractivity contribution is 7.90. The smallest absolute Gasteiger partial charge is 0.304 e. The Bertz CT molecular complexity index is 1160. The molecule has 2 aromatic rings. The molecule has 9 heteroatoms. The molecule has 0 aromatic heterocycles. The van der Waals surface area contributed by atoms with Crippen LogP contribution in [-0.2, 0) is 26.3 Å². The topological polar surface area (TPSA) is 90.0 Å². The summed E-state index contributed by atoms with van der Waals surface area (Å²) in [7, 11) is -1.12. The van der Waals surface area contributed by atoms with Crippen molar-refractivity contribution in [3.63, 3.8) is 0 Å². The number of anilines is 1. The van der Waals surface area contributed by atoms with E-state index in [1.165, 1.54) is 19.0 Å². The van der Waals surface area contributed by atoms with Crippen LogP contribution in [0.15, 0.2) is 42.5 Å². The Kier molecular flexibility index (Phi) is 9.45. The molecule has 0 aliphatic heterocycles. The van der Waals surface area contributed by atoms with Crippen LogP contribution in [0.4, 0.5) is 5.69 Å². The van der Waals surface area contributed by atoms with E-state index in [0.29, 0.717) is 5.69 Å². The highest BCUT2D eigenvalue weighted by Gasteiger charge is 2.33. The summed E-state index contributed by atoms with van der Waals surface area (Å²) in [5.74, 6) is -0.762. The van der Waals surface area contributed by atoms with Crippen LogP contribution in [0.5, 0.6) is 0 Å². The summed E-state index contributed by atoms with van der Waals surface area (Å²) in [4.78, 5) is 28.1. The molecule has 2 rings (SSSR count). The van der Waals surface area contributed by atoms with Crippen molar-refractivity contribution in [3.8, 4) is 0 Å². The fraction of sp³-hybridized carbons (Fsp3) is 0.462. The summed E-state index contributed by atoms with van der Waals surface area (Å²) in [5.41, 5.74) is 3.90. The Morgan fingerprint density at radius 1 is 0.943 bits per heavy atom. The molecule has 0 aliphatic carbocycles. The lowest BCUT2D eigenvalue weighted by Gasteiger charge is -2.34. The third kappa shape index (κ3) is 7.05. The van der Waals surface area contributed by atoms with Crippen LogP contribution in [0.3, 0.4) is 0 Å². The fourth-order valence-electron chi connectivity index (χ4n) is 3.65. The highest BCUT2D eigenvalue weighted by atomic mass is 32.2. The number of nitrogens with zero attached hydrogens (tertiary/aromatic N) is 3. The van der Waals surface area contributed by atoms with Gasteiger partial charge in [-0.3, -0.25) is 9.59 Å². The average molecular weight is 503 g/mol. The van der Waals surface area contributed by atoms with Gasteiger partial charge in [0, 0.05) is 26.7 Å². The number of rotatable bonds is 10. The number of aryl methyl sites for hydroxylation is 3. The van der Waals surface area contributed by atoms with Crippen LogP contribution in [0.25, 0.3) is 0 Å². The van der Waals surface area contributed by atoms with E-state index in [1.54, 1.807) is 19.9 Å². The minimum atomic E-state index is -3.99. The van der Waals surface area contributed by atoms with Crippen LogP contribution in [0.1, 0.15) is 43.0 Å². The quantitative estimate of drug-likeness (QED) is 0.540. The van der Waals surface area contributed by atoms with E-state index in [-0.39, 0.29) is 18.5 Å². The predicted octanol–water partition coefficient (Wildman–Crippen LogP) is 3.17. The maximum atomic E-state index is 13.8. The van der Waals surface area contributed by atoms with E-state index in [9.17, 15) is 18.0 Å². The molecule has 1 N–H and O–H groups in total. The zero-order valence-corrected chi connectivity index (χ0v) is 22.8.